The second kappa shape index (κ2) is 10.4. The number of nitrogens with zero attached hydrogens (tertiary/aromatic N) is 7. The molecule has 0 saturated carbocycles. The fraction of sp³-hybridized carbons (Fsp3) is 0.500. The Kier molecular flexibility index (Phi) is 7.36. The second-order valence-electron chi connectivity index (χ2n) is 8.86. The van der Waals surface area contributed by atoms with E-state index < -0.39 is 17.7 Å². The quantitative estimate of drug-likeness (QED) is 0.465. The van der Waals surface area contributed by atoms with E-state index >= 15 is 0 Å². The van der Waals surface area contributed by atoms with Gasteiger partial charge in [0, 0.05) is 46.1 Å². The molecular weight excluding hydrogens is 460 g/mol. The number of imidazole rings is 1. The van der Waals surface area contributed by atoms with Gasteiger partial charge < -0.3 is 29.6 Å². The Labute approximate surface area is 201 Å². The fourth-order valence-electron chi connectivity index (χ4n) is 3.76. The molecule has 3 aromatic heterocycles. The molecule has 0 aliphatic carbocycles. The average molecular weight is 490 g/mol. The van der Waals surface area contributed by atoms with Crippen LogP contribution in [0.5, 0.6) is 0 Å². The highest BCUT2D eigenvalue weighted by Gasteiger charge is 2.29. The molecule has 0 bridgehead atoms. The highest BCUT2D eigenvalue weighted by molar-refractivity contribution is 5.52. The first-order valence-corrected chi connectivity index (χ1v) is 11.2. The van der Waals surface area contributed by atoms with Crippen LogP contribution in [0.2, 0.25) is 0 Å². The molecule has 0 aromatic carbocycles. The van der Waals surface area contributed by atoms with Crippen LogP contribution in [-0.4, -0.2) is 68.5 Å². The van der Waals surface area contributed by atoms with E-state index in [0.717, 1.165) is 12.3 Å². The summed E-state index contributed by atoms with van der Waals surface area (Å²) < 4.78 is 40.8. The molecule has 4 heterocycles. The Morgan fingerprint density at radius 3 is 2.69 bits per heavy atom. The van der Waals surface area contributed by atoms with Crippen LogP contribution in [0, 0.1) is 11.6 Å². The average Bonchev–Trinajstić information content (AvgIpc) is 3.20. The number of hydrogen-bond acceptors (Lipinski definition) is 10. The van der Waals surface area contributed by atoms with Gasteiger partial charge >= 0.3 is 0 Å². The molecule has 1 atom stereocenters. The first kappa shape index (κ1) is 24.7. The lowest BCUT2D eigenvalue weighted by Crippen LogP contribution is -2.49. The van der Waals surface area contributed by atoms with E-state index in [4.69, 9.17) is 9.47 Å². The SMILES string of the molecule is COCC[C@H](Nc1nc(Nc2cn(C)cn2)nc(N2CCOC(C)(C)C2)n1)c1ncc(F)cc1F. The number of morpholine rings is 1. The molecule has 1 saturated heterocycles. The van der Waals surface area contributed by atoms with E-state index in [0.29, 0.717) is 44.5 Å². The maximum absolute atomic E-state index is 14.6. The van der Waals surface area contributed by atoms with Crippen LogP contribution in [0.3, 0.4) is 0 Å². The van der Waals surface area contributed by atoms with Gasteiger partial charge in [-0.25, -0.2) is 13.8 Å². The highest BCUT2D eigenvalue weighted by atomic mass is 19.1. The third kappa shape index (κ3) is 6.36. The minimum atomic E-state index is -0.769. The minimum Gasteiger partial charge on any atom is -0.385 e. The lowest BCUT2D eigenvalue weighted by Gasteiger charge is -2.38. The lowest BCUT2D eigenvalue weighted by atomic mass is 10.1. The van der Waals surface area contributed by atoms with Gasteiger partial charge in [-0.15, -0.1) is 0 Å². The number of rotatable bonds is 9. The van der Waals surface area contributed by atoms with E-state index in [9.17, 15) is 8.78 Å². The molecule has 1 aliphatic rings. The molecule has 35 heavy (non-hydrogen) atoms. The first-order valence-electron chi connectivity index (χ1n) is 11.2. The summed E-state index contributed by atoms with van der Waals surface area (Å²) in [6.07, 6.45) is 4.76. The van der Waals surface area contributed by atoms with Gasteiger partial charge in [0.15, 0.2) is 5.82 Å². The summed E-state index contributed by atoms with van der Waals surface area (Å²) >= 11 is 0. The summed E-state index contributed by atoms with van der Waals surface area (Å²) in [6.45, 7) is 5.99. The molecule has 188 valence electrons. The molecule has 13 heteroatoms. The molecule has 1 aliphatic heterocycles. The van der Waals surface area contributed by atoms with Crippen molar-refractivity contribution in [2.75, 3.05) is 48.9 Å². The van der Waals surface area contributed by atoms with E-state index in [1.54, 1.807) is 24.2 Å². The van der Waals surface area contributed by atoms with Crippen molar-refractivity contribution in [1.82, 2.24) is 29.5 Å². The van der Waals surface area contributed by atoms with Crippen LogP contribution in [0.15, 0.2) is 24.8 Å². The molecule has 11 nitrogen and oxygen atoms in total. The minimum absolute atomic E-state index is 0.0390. The van der Waals surface area contributed by atoms with Crippen LogP contribution in [0.4, 0.5) is 32.4 Å². The summed E-state index contributed by atoms with van der Waals surface area (Å²) in [4.78, 5) is 23.9. The predicted molar refractivity (Wildman–Crippen MR) is 126 cm³/mol. The summed E-state index contributed by atoms with van der Waals surface area (Å²) in [6, 6.07) is 0.126. The maximum Gasteiger partial charge on any atom is 0.235 e. The zero-order valence-corrected chi connectivity index (χ0v) is 20.1. The molecule has 0 amide bonds. The van der Waals surface area contributed by atoms with Gasteiger partial charge in [-0.05, 0) is 20.3 Å². The van der Waals surface area contributed by atoms with Crippen LogP contribution in [0.1, 0.15) is 32.0 Å². The van der Waals surface area contributed by atoms with Crippen LogP contribution in [0.25, 0.3) is 0 Å². The van der Waals surface area contributed by atoms with E-state index in [1.807, 2.05) is 25.8 Å². The van der Waals surface area contributed by atoms with Crippen molar-refractivity contribution in [2.45, 2.75) is 31.9 Å². The van der Waals surface area contributed by atoms with Crippen molar-refractivity contribution >= 4 is 23.7 Å². The molecule has 0 spiro atoms. The van der Waals surface area contributed by atoms with Crippen LogP contribution in [-0.2, 0) is 16.5 Å². The summed E-state index contributed by atoms with van der Waals surface area (Å²) in [7, 11) is 3.39. The number of nitrogens with one attached hydrogen (secondary N) is 2. The van der Waals surface area contributed by atoms with Gasteiger partial charge in [-0.1, -0.05) is 0 Å². The first-order chi connectivity index (χ1) is 16.7. The largest absolute Gasteiger partial charge is 0.385 e. The molecule has 2 N–H and O–H groups in total. The second-order valence-corrected chi connectivity index (χ2v) is 8.86. The smallest absolute Gasteiger partial charge is 0.235 e. The topological polar surface area (TPSA) is 115 Å². The normalized spacial score (nSPS) is 16.2. The van der Waals surface area contributed by atoms with Gasteiger partial charge in [0.05, 0.1) is 36.5 Å². The van der Waals surface area contributed by atoms with E-state index in [2.05, 4.69) is 35.6 Å². The zero-order chi connectivity index (χ0) is 25.0. The molecule has 0 unspecified atom stereocenters. The van der Waals surface area contributed by atoms with Crippen LogP contribution < -0.4 is 15.5 Å². The number of aryl methyl sites for hydroxylation is 1. The van der Waals surface area contributed by atoms with Gasteiger partial charge in [-0.2, -0.15) is 15.0 Å². The highest BCUT2D eigenvalue weighted by Crippen LogP contribution is 2.26. The van der Waals surface area contributed by atoms with Gasteiger partial charge in [-0.3, -0.25) is 4.98 Å². The molecule has 4 rings (SSSR count). The fourth-order valence-corrected chi connectivity index (χ4v) is 3.76. The summed E-state index contributed by atoms with van der Waals surface area (Å²) in [5, 5.41) is 6.22. The Balaban J connectivity index is 1.68. The third-order valence-electron chi connectivity index (χ3n) is 5.36. The van der Waals surface area contributed by atoms with Crippen molar-refractivity contribution < 1.29 is 18.3 Å². The van der Waals surface area contributed by atoms with E-state index in [-0.39, 0.29) is 23.2 Å². The zero-order valence-electron chi connectivity index (χ0n) is 20.1. The number of halogens is 2. The van der Waals surface area contributed by atoms with Crippen molar-refractivity contribution in [1.29, 1.82) is 0 Å². The van der Waals surface area contributed by atoms with Crippen molar-refractivity contribution in [2.24, 2.45) is 7.05 Å². The molecule has 0 radical (unpaired) electrons. The monoisotopic (exact) mass is 489 g/mol. The van der Waals surface area contributed by atoms with Crippen molar-refractivity contribution in [3.63, 3.8) is 0 Å². The Hall–Kier alpha value is -3.45. The maximum atomic E-state index is 14.6. The number of methoxy groups -OCH3 is 1. The van der Waals surface area contributed by atoms with Crippen LogP contribution >= 0.6 is 0 Å². The Morgan fingerprint density at radius 2 is 2.00 bits per heavy atom. The summed E-state index contributed by atoms with van der Waals surface area (Å²) in [5.74, 6) is -0.0797. The lowest BCUT2D eigenvalue weighted by molar-refractivity contribution is -0.0281. The summed E-state index contributed by atoms with van der Waals surface area (Å²) in [5.41, 5.74) is -0.341. The number of hydrogen-bond donors (Lipinski definition) is 2. The number of anilines is 4. The van der Waals surface area contributed by atoms with Gasteiger partial charge in [0.25, 0.3) is 0 Å². The number of ether oxygens (including phenoxy) is 2. The van der Waals surface area contributed by atoms with Crippen molar-refractivity contribution in [3.8, 4) is 0 Å². The van der Waals surface area contributed by atoms with Gasteiger partial charge in [0.1, 0.15) is 11.6 Å². The Bertz CT molecular complexity index is 1160. The predicted octanol–water partition coefficient (Wildman–Crippen LogP) is 2.83. The Morgan fingerprint density at radius 1 is 1.20 bits per heavy atom. The molecule has 3 aromatic rings. The number of aromatic nitrogens is 6. The molecular formula is C22H29F2N9O2. The van der Waals surface area contributed by atoms with Gasteiger partial charge in [0.2, 0.25) is 17.8 Å². The van der Waals surface area contributed by atoms with Crippen molar-refractivity contribution in [3.05, 3.63) is 42.1 Å². The standard InChI is InChI=1S/C22H29F2N9O2/c1-22(2)12-33(6-8-35-22)21-30-19(29-20(31-21)28-17-11-32(3)13-26-17)27-16(5-7-34-4)18-15(24)9-14(23)10-25-18/h9-11,13,16H,5-8,12H2,1-4H3,(H2,27,28,29,30,31)/t16-/m0/s1. The molecule has 1 fully saturated rings. The third-order valence-corrected chi connectivity index (χ3v) is 5.36. The van der Waals surface area contributed by atoms with E-state index in [1.165, 1.54) is 0 Å². The number of pyridine rings is 1.